The van der Waals surface area contributed by atoms with E-state index in [0.717, 1.165) is 32.8 Å². The number of halogens is 7. The van der Waals surface area contributed by atoms with E-state index in [-0.39, 0.29) is 24.4 Å². The molecule has 0 N–H and O–H groups in total. The molecule has 13 heteroatoms. The molecule has 39 heavy (non-hydrogen) atoms. The molecule has 4 heterocycles. The number of hydrogen-bond donors (Lipinski definition) is 0. The molecule has 3 aromatic rings. The van der Waals surface area contributed by atoms with E-state index in [0.29, 0.717) is 46.8 Å². The van der Waals surface area contributed by atoms with Gasteiger partial charge >= 0.3 is 12.4 Å². The van der Waals surface area contributed by atoms with Gasteiger partial charge in [0, 0.05) is 36.0 Å². The van der Waals surface area contributed by atoms with E-state index in [1.54, 1.807) is 24.3 Å². The summed E-state index contributed by atoms with van der Waals surface area (Å²) in [5.41, 5.74) is -1.73. The first-order valence-electron chi connectivity index (χ1n) is 12.5. The first-order valence-corrected chi connectivity index (χ1v) is 12.9. The lowest BCUT2D eigenvalue weighted by Gasteiger charge is -2.59. The van der Waals surface area contributed by atoms with Crippen LogP contribution in [0.4, 0.5) is 32.2 Å². The van der Waals surface area contributed by atoms with Crippen LogP contribution in [0.15, 0.2) is 36.4 Å². The SMILES string of the molecule is CC(C)(N1Cc2cc(Cl)ccc2-n2c(nnc2C2CC3(C2)CN(c2cccc(C(F)(F)F)n2)C3)C1)C(F)(F)F. The van der Waals surface area contributed by atoms with E-state index < -0.39 is 23.6 Å². The second kappa shape index (κ2) is 8.57. The van der Waals surface area contributed by atoms with Gasteiger partial charge in [0.2, 0.25) is 0 Å². The smallest absolute Gasteiger partial charge is 0.355 e. The van der Waals surface area contributed by atoms with Crippen LogP contribution in [0, 0.1) is 5.41 Å². The molecule has 208 valence electrons. The topological polar surface area (TPSA) is 50.1 Å². The Kier molecular flexibility index (Phi) is 5.79. The predicted molar refractivity (Wildman–Crippen MR) is 132 cm³/mol. The lowest BCUT2D eigenvalue weighted by molar-refractivity contribution is -0.224. The maximum absolute atomic E-state index is 14.0. The largest absolute Gasteiger partial charge is 0.433 e. The van der Waals surface area contributed by atoms with Crippen LogP contribution in [0.25, 0.3) is 5.69 Å². The van der Waals surface area contributed by atoms with E-state index in [2.05, 4.69) is 15.2 Å². The number of hydrogen-bond acceptors (Lipinski definition) is 5. The Morgan fingerprint density at radius 1 is 0.949 bits per heavy atom. The van der Waals surface area contributed by atoms with Gasteiger partial charge in [0.25, 0.3) is 0 Å². The van der Waals surface area contributed by atoms with Crippen molar-refractivity contribution in [2.45, 2.75) is 63.6 Å². The Labute approximate surface area is 225 Å². The molecule has 1 aromatic carbocycles. The van der Waals surface area contributed by atoms with Crippen LogP contribution in [-0.4, -0.2) is 49.5 Å². The van der Waals surface area contributed by atoms with E-state index in [1.165, 1.54) is 11.0 Å². The normalized spacial score (nSPS) is 19.8. The monoisotopic (exact) mass is 570 g/mol. The van der Waals surface area contributed by atoms with Crippen LogP contribution in [0.2, 0.25) is 5.02 Å². The van der Waals surface area contributed by atoms with E-state index in [4.69, 9.17) is 11.6 Å². The number of benzene rings is 1. The number of aromatic nitrogens is 4. The highest BCUT2D eigenvalue weighted by Crippen LogP contribution is 2.57. The molecule has 0 unspecified atom stereocenters. The van der Waals surface area contributed by atoms with Gasteiger partial charge in [-0.05, 0) is 62.6 Å². The average molecular weight is 571 g/mol. The lowest BCUT2D eigenvalue weighted by Crippen LogP contribution is -2.62. The van der Waals surface area contributed by atoms with Crippen LogP contribution in [-0.2, 0) is 19.3 Å². The zero-order chi connectivity index (χ0) is 28.0. The van der Waals surface area contributed by atoms with Crippen molar-refractivity contribution in [3.05, 3.63) is 64.3 Å². The van der Waals surface area contributed by atoms with Gasteiger partial charge in [0.1, 0.15) is 22.9 Å². The number of rotatable bonds is 3. The van der Waals surface area contributed by atoms with Crippen LogP contribution in [0.5, 0.6) is 0 Å². The molecule has 6 rings (SSSR count). The fourth-order valence-electron chi connectivity index (χ4n) is 5.97. The third-order valence-electron chi connectivity index (χ3n) is 8.34. The van der Waals surface area contributed by atoms with Gasteiger partial charge in [-0.25, -0.2) is 4.98 Å². The van der Waals surface area contributed by atoms with Crippen molar-refractivity contribution < 1.29 is 26.3 Å². The lowest BCUT2D eigenvalue weighted by atomic mass is 9.57. The molecule has 2 aliphatic heterocycles. The molecule has 1 saturated heterocycles. The van der Waals surface area contributed by atoms with Gasteiger partial charge in [0.15, 0.2) is 5.82 Å². The summed E-state index contributed by atoms with van der Waals surface area (Å²) in [4.78, 5) is 6.96. The Balaban J connectivity index is 1.24. The molecule has 0 bridgehead atoms. The Morgan fingerprint density at radius 3 is 2.33 bits per heavy atom. The Bertz CT molecular complexity index is 1420. The first kappa shape index (κ1) is 26.4. The number of anilines is 1. The first-order chi connectivity index (χ1) is 18.2. The summed E-state index contributed by atoms with van der Waals surface area (Å²) in [6.45, 7) is 3.47. The van der Waals surface area contributed by atoms with Crippen molar-refractivity contribution in [1.82, 2.24) is 24.6 Å². The van der Waals surface area contributed by atoms with Crippen molar-refractivity contribution in [1.29, 1.82) is 0 Å². The molecule has 0 radical (unpaired) electrons. The molecule has 1 saturated carbocycles. The highest BCUT2D eigenvalue weighted by Gasteiger charge is 2.55. The Morgan fingerprint density at radius 2 is 1.67 bits per heavy atom. The molecular formula is C26H25ClF6N6. The zero-order valence-electron chi connectivity index (χ0n) is 21.1. The quantitative estimate of drug-likeness (QED) is 0.342. The maximum Gasteiger partial charge on any atom is 0.433 e. The molecule has 1 aliphatic carbocycles. The number of fused-ring (bicyclic) bond motifs is 3. The summed E-state index contributed by atoms with van der Waals surface area (Å²) >= 11 is 6.23. The summed E-state index contributed by atoms with van der Waals surface area (Å²) in [5, 5.41) is 9.17. The van der Waals surface area contributed by atoms with Crippen LogP contribution in [0.1, 0.15) is 55.5 Å². The molecular weight excluding hydrogens is 546 g/mol. The van der Waals surface area contributed by atoms with E-state index in [9.17, 15) is 26.3 Å². The van der Waals surface area contributed by atoms with Crippen LogP contribution < -0.4 is 4.90 Å². The molecule has 0 atom stereocenters. The van der Waals surface area contributed by atoms with Crippen molar-refractivity contribution >= 4 is 17.4 Å². The Hall–Kier alpha value is -2.86. The van der Waals surface area contributed by atoms with Crippen molar-refractivity contribution in [2.24, 2.45) is 5.41 Å². The number of nitrogens with zero attached hydrogens (tertiary/aromatic N) is 6. The van der Waals surface area contributed by atoms with Gasteiger partial charge in [-0.3, -0.25) is 9.47 Å². The van der Waals surface area contributed by atoms with Crippen molar-refractivity contribution in [3.8, 4) is 5.69 Å². The van der Waals surface area contributed by atoms with Gasteiger partial charge in [-0.15, -0.1) is 10.2 Å². The molecule has 2 aromatic heterocycles. The zero-order valence-corrected chi connectivity index (χ0v) is 21.9. The van der Waals surface area contributed by atoms with Gasteiger partial charge in [0.05, 0.1) is 12.2 Å². The van der Waals surface area contributed by atoms with E-state index in [1.807, 2.05) is 9.47 Å². The average Bonchev–Trinajstić information content (AvgIpc) is 3.11. The highest BCUT2D eigenvalue weighted by molar-refractivity contribution is 6.30. The molecule has 6 nitrogen and oxygen atoms in total. The van der Waals surface area contributed by atoms with Crippen molar-refractivity contribution in [2.75, 3.05) is 18.0 Å². The summed E-state index contributed by atoms with van der Waals surface area (Å²) in [6, 6.07) is 9.07. The molecule has 1 spiro atoms. The third kappa shape index (κ3) is 4.35. The van der Waals surface area contributed by atoms with Gasteiger partial charge in [-0.1, -0.05) is 17.7 Å². The minimum absolute atomic E-state index is 0.0218. The highest BCUT2D eigenvalue weighted by atomic mass is 35.5. The minimum atomic E-state index is -4.50. The maximum atomic E-state index is 14.0. The molecule has 3 aliphatic rings. The standard InChI is InChI=1S/C26H25ClF6N6/c1-23(2,26(31,32)33)38-11-15-8-17(27)6-7-18(15)39-21(12-38)35-36-22(39)16-9-24(10-16)13-37(14-24)20-5-3-4-19(34-20)25(28,29)30/h3-8,16H,9-14H2,1-2H3. The van der Waals surface area contributed by atoms with Gasteiger partial charge in [-0.2, -0.15) is 26.3 Å². The summed E-state index contributed by atoms with van der Waals surface area (Å²) in [5.74, 6) is 1.43. The molecule has 0 amide bonds. The van der Waals surface area contributed by atoms with Gasteiger partial charge < -0.3 is 4.90 Å². The summed E-state index contributed by atoms with van der Waals surface area (Å²) in [7, 11) is 0. The number of alkyl halides is 6. The predicted octanol–water partition coefficient (Wildman–Crippen LogP) is 6.38. The molecule has 2 fully saturated rings. The summed E-state index contributed by atoms with van der Waals surface area (Å²) in [6.07, 6.45) is -7.46. The van der Waals surface area contributed by atoms with Crippen molar-refractivity contribution in [3.63, 3.8) is 0 Å². The second-order valence-corrected chi connectivity index (χ2v) is 11.8. The fraction of sp³-hybridized carbons (Fsp3) is 0.500. The number of pyridine rings is 1. The summed E-state index contributed by atoms with van der Waals surface area (Å²) < 4.78 is 83.0. The minimum Gasteiger partial charge on any atom is -0.355 e. The third-order valence-corrected chi connectivity index (χ3v) is 8.58. The second-order valence-electron chi connectivity index (χ2n) is 11.3. The van der Waals surface area contributed by atoms with Crippen LogP contribution >= 0.6 is 11.6 Å². The van der Waals surface area contributed by atoms with E-state index >= 15 is 0 Å². The fourth-order valence-corrected chi connectivity index (χ4v) is 6.17. The van der Waals surface area contributed by atoms with Crippen LogP contribution in [0.3, 0.4) is 0 Å².